The first kappa shape index (κ1) is 52.6. The van der Waals surface area contributed by atoms with E-state index in [2.05, 4.69) is 31.1 Å². The zero-order valence-corrected chi connectivity index (χ0v) is 42.2. The molecule has 0 unspecified atom stereocenters. The van der Waals surface area contributed by atoms with E-state index < -0.39 is 11.9 Å². The van der Waals surface area contributed by atoms with E-state index in [0.29, 0.717) is 26.8 Å². The first-order chi connectivity index (χ1) is 19.5. The van der Waals surface area contributed by atoms with Gasteiger partial charge in [0.1, 0.15) is 5.78 Å². The van der Waals surface area contributed by atoms with E-state index in [1.165, 1.54) is 53.7 Å². The van der Waals surface area contributed by atoms with Gasteiger partial charge in [-0.1, -0.05) is 11.4 Å². The van der Waals surface area contributed by atoms with Crippen LogP contribution < -0.4 is 78.0 Å². The van der Waals surface area contributed by atoms with Crippen LogP contribution in [0.2, 0.25) is 0 Å². The Morgan fingerprint density at radius 3 is 1.15 bits per heavy atom. The van der Waals surface area contributed by atoms with Gasteiger partial charge in [0.25, 0.3) is 0 Å². The molecule has 0 spiro atoms. The summed E-state index contributed by atoms with van der Waals surface area (Å²) in [6, 6.07) is 0. The van der Waals surface area contributed by atoms with Gasteiger partial charge in [0.2, 0.25) is 17.7 Å². The maximum Gasteiger partial charge on any atom is 1.00 e. The van der Waals surface area contributed by atoms with Crippen molar-refractivity contribution in [2.75, 3.05) is 35.8 Å². The molecule has 3 rings (SSSR count). The zero-order valence-electron chi connectivity index (χ0n) is 26.1. The fraction of sp³-hybridized carbons (Fsp3) is 0.400. The molecule has 0 aliphatic carbocycles. The second-order valence-corrected chi connectivity index (χ2v) is 10.7. The first-order valence-corrected chi connectivity index (χ1v) is 14.2. The third-order valence-electron chi connectivity index (χ3n) is 4.80. The maximum atomic E-state index is 11.0. The van der Waals surface area contributed by atoms with Crippen molar-refractivity contribution in [1.82, 2.24) is 15.0 Å². The molecule has 0 atom stereocenters. The van der Waals surface area contributed by atoms with Crippen LogP contribution in [0, 0.1) is 16.1 Å². The molecule has 46 heavy (non-hydrogen) atoms. The number of hydrogen-bond donors (Lipinski definition) is 1. The van der Waals surface area contributed by atoms with Crippen molar-refractivity contribution in [2.24, 2.45) is 0 Å². The van der Waals surface area contributed by atoms with Crippen LogP contribution in [-0.2, 0) is 111 Å². The first-order valence-electron chi connectivity index (χ1n) is 11.8. The number of aromatic nitrogens is 3. The molecule has 3 heterocycles. The van der Waals surface area contributed by atoms with Crippen LogP contribution in [0.5, 0.6) is 0 Å². The number of thiazole rings is 3. The van der Waals surface area contributed by atoms with Crippen molar-refractivity contribution in [2.45, 2.75) is 47.0 Å². The van der Waals surface area contributed by atoms with Gasteiger partial charge >= 0.3 is 64.2 Å². The summed E-state index contributed by atoms with van der Waals surface area (Å²) in [5.74, 6) is -2.50. The van der Waals surface area contributed by atoms with Gasteiger partial charge in [0, 0.05) is 118 Å². The van der Waals surface area contributed by atoms with Crippen LogP contribution in [0.1, 0.15) is 44.8 Å². The fourth-order valence-electron chi connectivity index (χ4n) is 2.37. The van der Waals surface area contributed by atoms with Crippen LogP contribution in [-0.4, -0.2) is 76.6 Å². The second kappa shape index (κ2) is 26.6. The van der Waals surface area contributed by atoms with E-state index in [0.717, 1.165) is 22.7 Å². The number of ketones is 1. The summed E-state index contributed by atoms with van der Waals surface area (Å²) >= 11 is 3.48. The molecule has 3 amide bonds. The van der Waals surface area contributed by atoms with Crippen molar-refractivity contribution >= 4 is 84.8 Å². The van der Waals surface area contributed by atoms with Gasteiger partial charge in [0.15, 0.2) is 0 Å². The van der Waals surface area contributed by atoms with Gasteiger partial charge in [-0.05, 0) is 33.8 Å². The predicted octanol–water partition coefficient (Wildman–Crippen LogP) is -2.17. The van der Waals surface area contributed by atoms with Crippen LogP contribution in [0.25, 0.3) is 0 Å². The Bertz CT molecular complexity index is 1270. The normalized spacial score (nSPS) is 9.02. The Morgan fingerprint density at radius 2 is 0.913 bits per heavy atom. The third kappa shape index (κ3) is 20.3. The minimum absolute atomic E-state index is 0. The summed E-state index contributed by atoms with van der Waals surface area (Å²) in [5.41, 5.74) is 1.24. The van der Waals surface area contributed by atoms with Gasteiger partial charge in [-0.25, -0.2) is 0 Å². The summed E-state index contributed by atoms with van der Waals surface area (Å²) in [6.07, 6.45) is -0.160. The molecule has 3 aromatic heterocycles. The van der Waals surface area contributed by atoms with E-state index in [-0.39, 0.29) is 170 Å². The number of carbonyl (C=O) groups excluding carboxylic acids is 5. The van der Waals surface area contributed by atoms with E-state index in [9.17, 15) is 33.9 Å². The van der Waals surface area contributed by atoms with E-state index in [1.807, 2.05) is 0 Å². The number of rotatable bonds is 9. The SMILES string of the molecule is CC(=O)Cc1[c-]sc(N(C)C(C)=O)n1.CC(=O)N(C)c1nc(CC(=O)O)[c-]s1.CC(=O)N(C)c1nc(CC(=O)[O-])[c-]s1.[Rb+].[W].[W].[W]. The van der Waals surface area contributed by atoms with Gasteiger partial charge in [-0.2, -0.15) is 16.1 Å². The number of nitrogens with zero attached hydrogens (tertiary/aromatic N) is 6. The summed E-state index contributed by atoms with van der Waals surface area (Å²) < 4.78 is 0. The zero-order chi connectivity index (χ0) is 32.1. The van der Waals surface area contributed by atoms with Gasteiger partial charge in [0.05, 0.1) is 6.42 Å². The van der Waals surface area contributed by atoms with E-state index >= 15 is 0 Å². The molecular formula is C25H28N6O8RbS3W3-3. The molecule has 0 saturated carbocycles. The summed E-state index contributed by atoms with van der Waals surface area (Å²) in [4.78, 5) is 80.3. The quantitative estimate of drug-likeness (QED) is 0.229. The second-order valence-electron chi connectivity index (χ2n) is 8.37. The molecule has 0 aliphatic heterocycles. The number of carbonyl (C=O) groups is 6. The summed E-state index contributed by atoms with van der Waals surface area (Å²) in [7, 11) is 4.80. The van der Waals surface area contributed by atoms with Gasteiger partial charge < -0.3 is 78.7 Å². The number of carboxylic acids is 2. The monoisotopic (exact) mass is 1270 g/mol. The molecule has 14 nitrogen and oxygen atoms in total. The van der Waals surface area contributed by atoms with E-state index in [4.69, 9.17) is 5.11 Å². The van der Waals surface area contributed by atoms with Crippen LogP contribution in [0.3, 0.4) is 0 Å². The van der Waals surface area contributed by atoms with Crippen molar-refractivity contribution in [3.05, 3.63) is 33.2 Å². The van der Waals surface area contributed by atoms with E-state index in [1.54, 1.807) is 21.1 Å². The third-order valence-corrected chi connectivity index (χ3v) is 7.45. The largest absolute Gasteiger partial charge is 1.00 e. The molecular weight excluding hydrogens is 1250 g/mol. The Morgan fingerprint density at radius 1 is 0.630 bits per heavy atom. The molecule has 0 aliphatic rings. The molecule has 3 aromatic rings. The Hall–Kier alpha value is -0.220. The molecule has 246 valence electrons. The Balaban J connectivity index is -0.000000276. The number of anilines is 3. The average Bonchev–Trinajstić information content (AvgIpc) is 3.64. The van der Waals surface area contributed by atoms with Crippen molar-refractivity contribution in [1.29, 1.82) is 0 Å². The summed E-state index contributed by atoms with van der Waals surface area (Å²) in [6.45, 7) is 5.78. The van der Waals surface area contributed by atoms with Crippen molar-refractivity contribution in [3.63, 3.8) is 0 Å². The Labute approximate surface area is 370 Å². The molecule has 21 heteroatoms. The molecule has 0 bridgehead atoms. The number of carboxylic acid groups (broad SMARTS) is 2. The number of Topliss-reactive ketones (excluding diaryl/α,β-unsaturated/α-hetero) is 1. The minimum Gasteiger partial charge on any atom is -0.550 e. The molecule has 0 radical (unpaired) electrons. The molecule has 1 N–H and O–H groups in total. The van der Waals surface area contributed by atoms with Crippen LogP contribution in [0.4, 0.5) is 15.4 Å². The summed E-state index contributed by atoms with van der Waals surface area (Å²) in [5, 5.41) is 28.5. The van der Waals surface area contributed by atoms with Crippen molar-refractivity contribution < 1.29 is 160 Å². The number of aliphatic carboxylic acids is 2. The van der Waals surface area contributed by atoms with Gasteiger partial charge in [-0.3, -0.25) is 24.0 Å². The van der Waals surface area contributed by atoms with Crippen LogP contribution in [0.15, 0.2) is 0 Å². The molecule has 0 aromatic carbocycles. The maximum absolute atomic E-state index is 11.0. The fourth-order valence-corrected chi connectivity index (χ4v) is 4.62. The van der Waals surface area contributed by atoms with Crippen LogP contribution >= 0.6 is 34.0 Å². The molecule has 0 saturated heterocycles. The smallest absolute Gasteiger partial charge is 0.550 e. The standard InChI is InChI=1S/C9H11N2O2S.2C8H9N2O3S.Rb.3W/c1-6(12)4-8-5-14-9(10-8)11(3)7(2)13;2*1-5(11)10(2)8-9-6(4-14-8)3-7(12)13;;;;/h4H2,1-3H3;2*3H2,1-2H3,(H,12,13);;;;/q3*-1;+1;;;/p-1. The van der Waals surface area contributed by atoms with Gasteiger partial charge in [-0.15, -0.1) is 0 Å². The number of amides is 3. The predicted molar refractivity (Wildman–Crippen MR) is 155 cm³/mol. The minimum atomic E-state index is -1.21. The number of hydrogen-bond acceptors (Lipinski definition) is 13. The molecule has 0 fully saturated rings. The topological polar surface area (TPSA) is 194 Å². The Kier molecular flexibility index (Phi) is 30.4. The van der Waals surface area contributed by atoms with Crippen molar-refractivity contribution in [3.8, 4) is 0 Å². The average molecular weight is 1270 g/mol.